The zero-order valence-corrected chi connectivity index (χ0v) is 13.5. The van der Waals surface area contributed by atoms with Crippen molar-refractivity contribution >= 4 is 0 Å². The maximum absolute atomic E-state index is 10.4. The van der Waals surface area contributed by atoms with Crippen LogP contribution in [-0.2, 0) is 19.6 Å². The molecule has 0 unspecified atom stereocenters. The number of aliphatic hydroxyl groups excluding tert-OH is 3. The topological polar surface area (TPSA) is 90.6 Å². The van der Waals surface area contributed by atoms with Gasteiger partial charge in [0, 0.05) is 30.8 Å². The van der Waals surface area contributed by atoms with E-state index in [1.807, 2.05) is 12.1 Å². The van der Waals surface area contributed by atoms with E-state index in [9.17, 15) is 5.11 Å². The van der Waals surface area contributed by atoms with Gasteiger partial charge in [-0.05, 0) is 38.8 Å². The number of rotatable bonds is 9. The quantitative estimate of drug-likeness (QED) is 0.459. The van der Waals surface area contributed by atoms with Crippen molar-refractivity contribution in [3.05, 3.63) is 28.8 Å². The van der Waals surface area contributed by atoms with Crippen LogP contribution < -0.4 is 0 Å². The summed E-state index contributed by atoms with van der Waals surface area (Å²) in [6, 6.07) is 3.74. The van der Waals surface area contributed by atoms with Gasteiger partial charge in [0.25, 0.3) is 0 Å². The van der Waals surface area contributed by atoms with Crippen molar-refractivity contribution in [2.45, 2.75) is 19.6 Å². The SMILES string of the molecule is CN(CO)Cc1cc(CN(C)CO)c(O)c(CN(C)CO)c1. The van der Waals surface area contributed by atoms with E-state index >= 15 is 0 Å². The average molecular weight is 313 g/mol. The molecule has 0 aliphatic carbocycles. The summed E-state index contributed by atoms with van der Waals surface area (Å²) in [6.45, 7) is 1.10. The van der Waals surface area contributed by atoms with Gasteiger partial charge in [0.05, 0.1) is 20.2 Å². The number of aliphatic hydroxyl groups is 3. The van der Waals surface area contributed by atoms with E-state index in [2.05, 4.69) is 0 Å². The minimum atomic E-state index is -0.105. The lowest BCUT2D eigenvalue weighted by Crippen LogP contribution is -2.22. The summed E-state index contributed by atoms with van der Waals surface area (Å²) in [6.07, 6.45) is 0. The molecule has 0 radical (unpaired) electrons. The van der Waals surface area contributed by atoms with Crippen LogP contribution in [-0.4, -0.2) is 76.5 Å². The van der Waals surface area contributed by atoms with Crippen LogP contribution in [0, 0.1) is 0 Å². The first-order valence-electron chi connectivity index (χ1n) is 7.13. The number of phenols is 1. The Bertz CT molecular complexity index is 437. The third-order valence-electron chi connectivity index (χ3n) is 3.38. The molecule has 1 aromatic carbocycles. The molecule has 0 aliphatic rings. The Labute approximate surface area is 131 Å². The fraction of sp³-hybridized carbons (Fsp3) is 0.600. The van der Waals surface area contributed by atoms with Crippen molar-refractivity contribution in [3.63, 3.8) is 0 Å². The predicted molar refractivity (Wildman–Crippen MR) is 83.8 cm³/mol. The first-order chi connectivity index (χ1) is 10.4. The molecule has 4 N–H and O–H groups in total. The van der Waals surface area contributed by atoms with Crippen LogP contribution in [0.4, 0.5) is 0 Å². The van der Waals surface area contributed by atoms with Gasteiger partial charge in [-0.2, -0.15) is 0 Å². The van der Waals surface area contributed by atoms with Gasteiger partial charge in [-0.1, -0.05) is 0 Å². The van der Waals surface area contributed by atoms with Crippen molar-refractivity contribution in [2.75, 3.05) is 41.3 Å². The number of hydrogen-bond acceptors (Lipinski definition) is 7. The fourth-order valence-electron chi connectivity index (χ4n) is 2.21. The molecule has 0 saturated carbocycles. The maximum atomic E-state index is 10.4. The normalized spacial score (nSPS) is 11.9. The average Bonchev–Trinajstić information content (AvgIpc) is 2.51. The second-order valence-electron chi connectivity index (χ2n) is 5.73. The summed E-state index contributed by atoms with van der Waals surface area (Å²) < 4.78 is 0. The molecule has 22 heavy (non-hydrogen) atoms. The highest BCUT2D eigenvalue weighted by Crippen LogP contribution is 2.27. The minimum absolute atomic E-state index is 0.0569. The molecule has 0 atom stereocenters. The molecule has 7 heteroatoms. The minimum Gasteiger partial charge on any atom is -0.507 e. The van der Waals surface area contributed by atoms with Crippen molar-refractivity contribution in [1.29, 1.82) is 0 Å². The van der Waals surface area contributed by atoms with E-state index in [0.29, 0.717) is 30.8 Å². The highest BCUT2D eigenvalue weighted by molar-refractivity contribution is 5.44. The van der Waals surface area contributed by atoms with Crippen molar-refractivity contribution in [3.8, 4) is 5.75 Å². The molecule has 1 aromatic rings. The third kappa shape index (κ3) is 5.53. The largest absolute Gasteiger partial charge is 0.507 e. The van der Waals surface area contributed by atoms with Crippen molar-refractivity contribution in [1.82, 2.24) is 14.7 Å². The molecule has 1 rings (SSSR count). The Balaban J connectivity index is 3.11. The van der Waals surface area contributed by atoms with Gasteiger partial charge < -0.3 is 20.4 Å². The molecule has 0 fully saturated rings. The zero-order chi connectivity index (χ0) is 16.7. The zero-order valence-electron chi connectivity index (χ0n) is 13.5. The molecular formula is C15H27N3O4. The summed E-state index contributed by atoms with van der Waals surface area (Å²) >= 11 is 0. The summed E-state index contributed by atoms with van der Waals surface area (Å²) in [5, 5.41) is 37.9. The standard InChI is InChI=1S/C15H27N3O4/c1-16(9-19)6-12-4-13(7-17(2)10-20)15(22)14(5-12)8-18(3)11-21/h4-5,19-22H,6-11H2,1-3H3. The molecule has 0 aliphatic heterocycles. The number of hydrogen-bond donors (Lipinski definition) is 4. The van der Waals surface area contributed by atoms with Crippen LogP contribution in [0.2, 0.25) is 0 Å². The smallest absolute Gasteiger partial charge is 0.124 e. The monoisotopic (exact) mass is 313 g/mol. The summed E-state index contributed by atoms with van der Waals surface area (Å²) in [7, 11) is 5.31. The lowest BCUT2D eigenvalue weighted by molar-refractivity contribution is 0.122. The second-order valence-corrected chi connectivity index (χ2v) is 5.73. The van der Waals surface area contributed by atoms with E-state index in [-0.39, 0.29) is 25.9 Å². The van der Waals surface area contributed by atoms with Crippen LogP contribution >= 0.6 is 0 Å². The van der Waals surface area contributed by atoms with Gasteiger partial charge in [0.2, 0.25) is 0 Å². The van der Waals surface area contributed by atoms with Gasteiger partial charge in [-0.15, -0.1) is 0 Å². The maximum Gasteiger partial charge on any atom is 0.124 e. The van der Waals surface area contributed by atoms with E-state index in [4.69, 9.17) is 15.3 Å². The van der Waals surface area contributed by atoms with Crippen LogP contribution in [0.1, 0.15) is 16.7 Å². The summed E-state index contributed by atoms with van der Waals surface area (Å²) in [5.41, 5.74) is 2.38. The lowest BCUT2D eigenvalue weighted by atomic mass is 10.0. The molecule has 0 bridgehead atoms. The molecule has 0 aromatic heterocycles. The van der Waals surface area contributed by atoms with Crippen LogP contribution in [0.25, 0.3) is 0 Å². The number of nitrogens with zero attached hydrogens (tertiary/aromatic N) is 3. The highest BCUT2D eigenvalue weighted by Gasteiger charge is 2.14. The van der Waals surface area contributed by atoms with Crippen molar-refractivity contribution in [2.24, 2.45) is 0 Å². The van der Waals surface area contributed by atoms with E-state index in [1.165, 1.54) is 0 Å². The number of aromatic hydroxyl groups is 1. The van der Waals surface area contributed by atoms with Crippen LogP contribution in [0.15, 0.2) is 12.1 Å². The Hall–Kier alpha value is -1.22. The van der Waals surface area contributed by atoms with Gasteiger partial charge in [0.15, 0.2) is 0 Å². The first kappa shape index (κ1) is 18.8. The number of phenolic OH excluding ortho intramolecular Hbond substituents is 1. The van der Waals surface area contributed by atoms with Crippen LogP contribution in [0.5, 0.6) is 5.75 Å². The summed E-state index contributed by atoms with van der Waals surface area (Å²) in [4.78, 5) is 5.09. The van der Waals surface area contributed by atoms with Gasteiger partial charge in [-0.3, -0.25) is 14.7 Å². The Morgan fingerprint density at radius 1 is 0.727 bits per heavy atom. The van der Waals surface area contributed by atoms with Gasteiger partial charge in [-0.25, -0.2) is 0 Å². The van der Waals surface area contributed by atoms with Gasteiger partial charge in [0.1, 0.15) is 5.75 Å². The predicted octanol–water partition coefficient (Wildman–Crippen LogP) is -0.463. The molecule has 126 valence electrons. The van der Waals surface area contributed by atoms with Crippen LogP contribution in [0.3, 0.4) is 0 Å². The third-order valence-corrected chi connectivity index (χ3v) is 3.38. The van der Waals surface area contributed by atoms with E-state index < -0.39 is 0 Å². The molecule has 0 heterocycles. The number of benzene rings is 1. The molecule has 0 amide bonds. The highest BCUT2D eigenvalue weighted by atomic mass is 16.3. The van der Waals surface area contributed by atoms with E-state index in [0.717, 1.165) is 5.56 Å². The van der Waals surface area contributed by atoms with Crippen molar-refractivity contribution < 1.29 is 20.4 Å². The summed E-state index contributed by atoms with van der Waals surface area (Å²) in [5.74, 6) is 0.177. The Morgan fingerprint density at radius 3 is 1.45 bits per heavy atom. The molecule has 0 saturated heterocycles. The molecular weight excluding hydrogens is 286 g/mol. The lowest BCUT2D eigenvalue weighted by Gasteiger charge is -2.21. The first-order valence-corrected chi connectivity index (χ1v) is 7.13. The second kappa shape index (κ2) is 9.04. The van der Waals surface area contributed by atoms with Gasteiger partial charge >= 0.3 is 0 Å². The Kier molecular flexibility index (Phi) is 7.74. The molecule has 7 nitrogen and oxygen atoms in total. The Morgan fingerprint density at radius 2 is 1.09 bits per heavy atom. The van der Waals surface area contributed by atoms with E-state index in [1.54, 1.807) is 35.8 Å². The fourth-order valence-corrected chi connectivity index (χ4v) is 2.21. The molecule has 0 spiro atoms.